The summed E-state index contributed by atoms with van der Waals surface area (Å²) in [4.78, 5) is 2.48. The van der Waals surface area contributed by atoms with E-state index in [4.69, 9.17) is 0 Å². The van der Waals surface area contributed by atoms with Crippen LogP contribution in [0, 0.1) is 6.92 Å². The minimum Gasteiger partial charge on any atom is -0.387 e. The molecule has 1 aliphatic rings. The summed E-state index contributed by atoms with van der Waals surface area (Å²) in [5.41, 5.74) is 2.26. The third-order valence-electron chi connectivity index (χ3n) is 4.36. The fraction of sp³-hybridized carbons (Fsp3) is 0.625. The van der Waals surface area contributed by atoms with E-state index in [0.29, 0.717) is 12.1 Å². The molecule has 1 fully saturated rings. The predicted octanol–water partition coefficient (Wildman–Crippen LogP) is 3.29. The highest BCUT2D eigenvalue weighted by Gasteiger charge is 2.30. The van der Waals surface area contributed by atoms with Gasteiger partial charge in [-0.1, -0.05) is 31.2 Å². The molecular formula is C16H25NO. The van der Waals surface area contributed by atoms with Gasteiger partial charge in [0.1, 0.15) is 0 Å². The first-order valence-electron chi connectivity index (χ1n) is 7.12. The van der Waals surface area contributed by atoms with Crippen LogP contribution in [0.15, 0.2) is 24.3 Å². The van der Waals surface area contributed by atoms with Gasteiger partial charge in [0.25, 0.3) is 0 Å². The number of aryl methyl sites for hydroxylation is 1. The van der Waals surface area contributed by atoms with Gasteiger partial charge in [0.2, 0.25) is 0 Å². The molecule has 0 amide bonds. The Morgan fingerprint density at radius 1 is 1.33 bits per heavy atom. The third-order valence-corrected chi connectivity index (χ3v) is 4.36. The van der Waals surface area contributed by atoms with Crippen LogP contribution in [0.4, 0.5) is 0 Å². The second kappa shape index (κ2) is 5.85. The molecule has 1 saturated heterocycles. The van der Waals surface area contributed by atoms with Crippen LogP contribution >= 0.6 is 0 Å². The lowest BCUT2D eigenvalue weighted by Crippen LogP contribution is -2.37. The van der Waals surface area contributed by atoms with E-state index in [-0.39, 0.29) is 6.10 Å². The van der Waals surface area contributed by atoms with E-state index in [0.717, 1.165) is 12.1 Å². The number of aliphatic hydroxyl groups excluding tert-OH is 1. The normalized spacial score (nSPS) is 26.4. The zero-order chi connectivity index (χ0) is 13.1. The average Bonchev–Trinajstić information content (AvgIpc) is 2.71. The molecule has 1 heterocycles. The molecule has 1 N–H and O–H groups in total. The first-order chi connectivity index (χ1) is 8.63. The number of rotatable bonds is 4. The molecule has 0 aromatic heterocycles. The highest BCUT2D eigenvalue weighted by atomic mass is 16.3. The molecule has 18 heavy (non-hydrogen) atoms. The number of hydrogen-bond donors (Lipinski definition) is 1. The van der Waals surface area contributed by atoms with Crippen LogP contribution in [0.5, 0.6) is 0 Å². The quantitative estimate of drug-likeness (QED) is 0.882. The van der Waals surface area contributed by atoms with Gasteiger partial charge in [-0.05, 0) is 44.2 Å². The Morgan fingerprint density at radius 3 is 2.72 bits per heavy atom. The SMILES string of the molecule is CCC1CCC(C)N1CC(O)c1ccccc1C. The van der Waals surface area contributed by atoms with Gasteiger partial charge in [0, 0.05) is 18.6 Å². The van der Waals surface area contributed by atoms with Crippen molar-refractivity contribution in [1.29, 1.82) is 0 Å². The maximum absolute atomic E-state index is 10.5. The number of nitrogens with zero attached hydrogens (tertiary/aromatic N) is 1. The molecule has 1 aromatic carbocycles. The maximum atomic E-state index is 10.5. The van der Waals surface area contributed by atoms with E-state index in [9.17, 15) is 5.11 Å². The van der Waals surface area contributed by atoms with E-state index in [1.165, 1.54) is 24.8 Å². The monoisotopic (exact) mass is 247 g/mol. The number of aliphatic hydroxyl groups is 1. The van der Waals surface area contributed by atoms with Gasteiger partial charge in [0.05, 0.1) is 6.10 Å². The molecule has 1 aromatic rings. The Balaban J connectivity index is 2.07. The fourth-order valence-corrected chi connectivity index (χ4v) is 3.15. The zero-order valence-corrected chi connectivity index (χ0v) is 11.8. The van der Waals surface area contributed by atoms with E-state index in [1.54, 1.807) is 0 Å². The van der Waals surface area contributed by atoms with Gasteiger partial charge in [-0.15, -0.1) is 0 Å². The first kappa shape index (κ1) is 13.6. The van der Waals surface area contributed by atoms with Crippen molar-refractivity contribution in [2.24, 2.45) is 0 Å². The van der Waals surface area contributed by atoms with Crippen molar-refractivity contribution in [3.63, 3.8) is 0 Å². The lowest BCUT2D eigenvalue weighted by atomic mass is 10.0. The summed E-state index contributed by atoms with van der Waals surface area (Å²) >= 11 is 0. The van der Waals surface area contributed by atoms with Crippen LogP contribution in [-0.4, -0.2) is 28.6 Å². The van der Waals surface area contributed by atoms with Crippen LogP contribution in [0.25, 0.3) is 0 Å². The summed E-state index contributed by atoms with van der Waals surface area (Å²) in [6.07, 6.45) is 3.36. The molecule has 3 atom stereocenters. The topological polar surface area (TPSA) is 23.5 Å². The zero-order valence-electron chi connectivity index (χ0n) is 11.8. The highest BCUT2D eigenvalue weighted by molar-refractivity contribution is 5.27. The molecule has 0 saturated carbocycles. The summed E-state index contributed by atoms with van der Waals surface area (Å²) in [5, 5.41) is 10.5. The number of benzene rings is 1. The van der Waals surface area contributed by atoms with Crippen molar-refractivity contribution in [2.75, 3.05) is 6.54 Å². The molecule has 0 spiro atoms. The van der Waals surface area contributed by atoms with Crippen molar-refractivity contribution in [2.45, 2.75) is 58.2 Å². The Bertz CT molecular complexity index is 390. The molecule has 3 unspecified atom stereocenters. The lowest BCUT2D eigenvalue weighted by Gasteiger charge is -2.30. The third kappa shape index (κ3) is 2.76. The standard InChI is InChI=1S/C16H25NO/c1-4-14-10-9-13(3)17(14)11-16(18)15-8-6-5-7-12(15)2/h5-8,13-14,16,18H,4,9-11H2,1-3H3. The van der Waals surface area contributed by atoms with Gasteiger partial charge in [-0.25, -0.2) is 0 Å². The maximum Gasteiger partial charge on any atom is 0.0919 e. The van der Waals surface area contributed by atoms with E-state index < -0.39 is 0 Å². The summed E-state index contributed by atoms with van der Waals surface area (Å²) in [7, 11) is 0. The molecule has 2 nitrogen and oxygen atoms in total. The second-order valence-corrected chi connectivity index (χ2v) is 5.56. The van der Waals surface area contributed by atoms with Crippen LogP contribution in [0.3, 0.4) is 0 Å². The van der Waals surface area contributed by atoms with E-state index >= 15 is 0 Å². The van der Waals surface area contributed by atoms with Crippen molar-refractivity contribution < 1.29 is 5.11 Å². The smallest absolute Gasteiger partial charge is 0.0919 e. The van der Waals surface area contributed by atoms with Crippen LogP contribution < -0.4 is 0 Å². The fourth-order valence-electron chi connectivity index (χ4n) is 3.15. The summed E-state index contributed by atoms with van der Waals surface area (Å²) in [5.74, 6) is 0. The molecule has 0 aliphatic carbocycles. The molecule has 0 radical (unpaired) electrons. The first-order valence-corrected chi connectivity index (χ1v) is 7.12. The van der Waals surface area contributed by atoms with Crippen molar-refractivity contribution in [1.82, 2.24) is 4.90 Å². The van der Waals surface area contributed by atoms with Gasteiger partial charge >= 0.3 is 0 Å². The van der Waals surface area contributed by atoms with E-state index in [1.807, 2.05) is 18.2 Å². The summed E-state index contributed by atoms with van der Waals surface area (Å²) in [6, 6.07) is 9.41. The Hall–Kier alpha value is -0.860. The highest BCUT2D eigenvalue weighted by Crippen LogP contribution is 2.29. The number of hydrogen-bond acceptors (Lipinski definition) is 2. The Kier molecular flexibility index (Phi) is 4.41. The Labute approximate surface area is 111 Å². The minimum atomic E-state index is -0.360. The van der Waals surface area contributed by atoms with Gasteiger partial charge in [0.15, 0.2) is 0 Å². The second-order valence-electron chi connectivity index (χ2n) is 5.56. The van der Waals surface area contributed by atoms with Crippen LogP contribution in [0.2, 0.25) is 0 Å². The number of β-amino-alcohol motifs (C(OH)–C–C–N with tert-alkyl or cyclic N) is 1. The lowest BCUT2D eigenvalue weighted by molar-refractivity contribution is 0.0856. The van der Waals surface area contributed by atoms with Crippen molar-refractivity contribution >= 4 is 0 Å². The molecule has 2 heteroatoms. The van der Waals surface area contributed by atoms with E-state index in [2.05, 4.69) is 31.7 Å². The molecule has 2 rings (SSSR count). The summed E-state index contributed by atoms with van der Waals surface area (Å²) in [6.45, 7) is 7.36. The number of likely N-dealkylation sites (tertiary alicyclic amines) is 1. The largest absolute Gasteiger partial charge is 0.387 e. The predicted molar refractivity (Wildman–Crippen MR) is 75.6 cm³/mol. The van der Waals surface area contributed by atoms with Gasteiger partial charge in [-0.2, -0.15) is 0 Å². The van der Waals surface area contributed by atoms with Crippen LogP contribution in [0.1, 0.15) is 50.3 Å². The van der Waals surface area contributed by atoms with Crippen molar-refractivity contribution in [3.8, 4) is 0 Å². The molecular weight excluding hydrogens is 222 g/mol. The summed E-state index contributed by atoms with van der Waals surface area (Å²) < 4.78 is 0. The Morgan fingerprint density at radius 2 is 2.06 bits per heavy atom. The molecule has 100 valence electrons. The van der Waals surface area contributed by atoms with Gasteiger partial charge in [-0.3, -0.25) is 4.90 Å². The average molecular weight is 247 g/mol. The molecule has 0 bridgehead atoms. The van der Waals surface area contributed by atoms with Crippen molar-refractivity contribution in [3.05, 3.63) is 35.4 Å². The van der Waals surface area contributed by atoms with Gasteiger partial charge < -0.3 is 5.11 Å². The van der Waals surface area contributed by atoms with Crippen LogP contribution in [-0.2, 0) is 0 Å². The molecule has 1 aliphatic heterocycles. The minimum absolute atomic E-state index is 0.360.